The van der Waals surface area contributed by atoms with Crippen LogP contribution in [0, 0.1) is 0 Å². The molecule has 0 spiro atoms. The molecule has 1 fully saturated rings. The molecule has 2 aromatic carbocycles. The predicted molar refractivity (Wildman–Crippen MR) is 102 cm³/mol. The minimum absolute atomic E-state index is 0.0437. The van der Waals surface area contributed by atoms with Gasteiger partial charge in [0.15, 0.2) is 0 Å². The Balaban J connectivity index is 1.59. The molecule has 28 heavy (non-hydrogen) atoms. The first-order valence-corrected chi connectivity index (χ1v) is 9.36. The number of carbonyl (C=O) groups is 1. The molecule has 0 saturated carbocycles. The van der Waals surface area contributed by atoms with Gasteiger partial charge < -0.3 is 24.1 Å². The largest absolute Gasteiger partial charge is 0.463 e. The van der Waals surface area contributed by atoms with Gasteiger partial charge in [-0.25, -0.2) is 0 Å². The molecule has 1 aliphatic heterocycles. The van der Waals surface area contributed by atoms with Crippen LogP contribution in [-0.2, 0) is 37.0 Å². The van der Waals surface area contributed by atoms with Gasteiger partial charge >= 0.3 is 5.97 Å². The zero-order valence-electron chi connectivity index (χ0n) is 16.0. The molecule has 1 heterocycles. The maximum atomic E-state index is 11.1. The van der Waals surface area contributed by atoms with Crippen LogP contribution in [0.2, 0.25) is 0 Å². The van der Waals surface area contributed by atoms with Crippen molar-refractivity contribution in [3.63, 3.8) is 0 Å². The van der Waals surface area contributed by atoms with E-state index in [2.05, 4.69) is 0 Å². The minimum Gasteiger partial charge on any atom is -0.463 e. The second-order valence-corrected chi connectivity index (χ2v) is 6.89. The third-order valence-corrected chi connectivity index (χ3v) is 4.54. The van der Waals surface area contributed by atoms with E-state index in [1.165, 1.54) is 6.92 Å². The number of hydrogen-bond acceptors (Lipinski definition) is 6. The average molecular weight is 386 g/mol. The van der Waals surface area contributed by atoms with Gasteiger partial charge in [0.25, 0.3) is 0 Å². The van der Waals surface area contributed by atoms with Gasteiger partial charge in [-0.05, 0) is 11.1 Å². The Bertz CT molecular complexity index is 735. The second kappa shape index (κ2) is 9.80. The van der Waals surface area contributed by atoms with Crippen molar-refractivity contribution < 1.29 is 28.8 Å². The minimum atomic E-state index is -1.60. The van der Waals surface area contributed by atoms with E-state index < -0.39 is 18.0 Å². The standard InChI is InChI=1S/C22H26O6/c1-17(23)26-15-20-12-21(27-14-19-10-6-3-7-11-19)22(24,28-20)16-25-13-18-8-4-2-5-9-18/h2-11,20-21,24H,12-16H2,1H3/t20-,21?,22+/m0/s1. The summed E-state index contributed by atoms with van der Waals surface area (Å²) in [6, 6.07) is 19.4. The zero-order chi connectivity index (χ0) is 19.8. The molecular weight excluding hydrogens is 360 g/mol. The first kappa shape index (κ1) is 20.5. The summed E-state index contributed by atoms with van der Waals surface area (Å²) >= 11 is 0. The van der Waals surface area contributed by atoms with Crippen molar-refractivity contribution in [1.29, 1.82) is 0 Å². The molecule has 0 aromatic heterocycles. The third kappa shape index (κ3) is 5.87. The number of benzene rings is 2. The third-order valence-electron chi connectivity index (χ3n) is 4.54. The Hall–Kier alpha value is -2.25. The molecule has 1 unspecified atom stereocenters. The van der Waals surface area contributed by atoms with E-state index in [0.717, 1.165) is 11.1 Å². The molecule has 3 atom stereocenters. The number of hydrogen-bond donors (Lipinski definition) is 1. The fourth-order valence-corrected chi connectivity index (χ4v) is 3.13. The SMILES string of the molecule is CC(=O)OC[C@@H]1CC(OCc2ccccc2)[C@@](O)(COCc2ccccc2)O1. The van der Waals surface area contributed by atoms with E-state index in [9.17, 15) is 9.90 Å². The number of aliphatic hydroxyl groups is 1. The van der Waals surface area contributed by atoms with Crippen LogP contribution in [-0.4, -0.2) is 42.3 Å². The van der Waals surface area contributed by atoms with Crippen molar-refractivity contribution in [2.24, 2.45) is 0 Å². The summed E-state index contributed by atoms with van der Waals surface area (Å²) in [4.78, 5) is 11.1. The van der Waals surface area contributed by atoms with Crippen LogP contribution in [0.1, 0.15) is 24.5 Å². The van der Waals surface area contributed by atoms with Crippen molar-refractivity contribution >= 4 is 5.97 Å². The Kier molecular flexibility index (Phi) is 7.17. The lowest BCUT2D eigenvalue weighted by Gasteiger charge is -2.28. The molecule has 6 nitrogen and oxygen atoms in total. The number of esters is 1. The highest BCUT2D eigenvalue weighted by atomic mass is 16.7. The monoisotopic (exact) mass is 386 g/mol. The first-order valence-electron chi connectivity index (χ1n) is 9.36. The van der Waals surface area contributed by atoms with E-state index in [-0.39, 0.29) is 19.2 Å². The predicted octanol–water partition coefficient (Wildman–Crippen LogP) is 2.83. The number of ether oxygens (including phenoxy) is 4. The Labute approximate surface area is 165 Å². The molecule has 0 amide bonds. The molecule has 1 aliphatic rings. The van der Waals surface area contributed by atoms with Gasteiger partial charge in [0.05, 0.1) is 19.3 Å². The van der Waals surface area contributed by atoms with E-state index in [1.807, 2.05) is 60.7 Å². The van der Waals surface area contributed by atoms with Crippen molar-refractivity contribution in [1.82, 2.24) is 0 Å². The summed E-state index contributed by atoms with van der Waals surface area (Å²) in [5, 5.41) is 11.0. The van der Waals surface area contributed by atoms with E-state index in [4.69, 9.17) is 18.9 Å². The Morgan fingerprint density at radius 3 is 2.29 bits per heavy atom. The van der Waals surface area contributed by atoms with Gasteiger partial charge in [0.2, 0.25) is 5.79 Å². The summed E-state index contributed by atoms with van der Waals surface area (Å²) < 4.78 is 22.4. The van der Waals surface area contributed by atoms with Gasteiger partial charge in [0.1, 0.15) is 19.3 Å². The fourth-order valence-electron chi connectivity index (χ4n) is 3.13. The van der Waals surface area contributed by atoms with Crippen LogP contribution < -0.4 is 0 Å². The van der Waals surface area contributed by atoms with Crippen molar-refractivity contribution in [2.75, 3.05) is 13.2 Å². The second-order valence-electron chi connectivity index (χ2n) is 6.89. The lowest BCUT2D eigenvalue weighted by Crippen LogP contribution is -2.45. The van der Waals surface area contributed by atoms with Gasteiger partial charge in [-0.15, -0.1) is 0 Å². The fraction of sp³-hybridized carbons (Fsp3) is 0.409. The van der Waals surface area contributed by atoms with Crippen LogP contribution in [0.5, 0.6) is 0 Å². The van der Waals surface area contributed by atoms with Gasteiger partial charge in [-0.3, -0.25) is 4.79 Å². The van der Waals surface area contributed by atoms with Crippen molar-refractivity contribution in [2.45, 2.75) is 44.6 Å². The van der Waals surface area contributed by atoms with Crippen LogP contribution >= 0.6 is 0 Å². The summed E-state index contributed by atoms with van der Waals surface area (Å²) in [6.45, 7) is 2.07. The molecule has 150 valence electrons. The van der Waals surface area contributed by atoms with E-state index in [1.54, 1.807) is 0 Å². The highest BCUT2D eigenvalue weighted by Gasteiger charge is 2.49. The van der Waals surface area contributed by atoms with Gasteiger partial charge in [-0.1, -0.05) is 60.7 Å². The Morgan fingerprint density at radius 1 is 1.07 bits per heavy atom. The number of carbonyl (C=O) groups excluding carboxylic acids is 1. The summed E-state index contributed by atoms with van der Waals surface area (Å²) in [5.74, 6) is -1.99. The first-order chi connectivity index (χ1) is 13.5. The summed E-state index contributed by atoms with van der Waals surface area (Å²) in [5.41, 5.74) is 2.00. The molecule has 0 bridgehead atoms. The molecule has 0 aliphatic carbocycles. The number of rotatable bonds is 9. The lowest BCUT2D eigenvalue weighted by atomic mass is 10.1. The summed E-state index contributed by atoms with van der Waals surface area (Å²) in [7, 11) is 0. The van der Waals surface area contributed by atoms with Crippen molar-refractivity contribution in [3.8, 4) is 0 Å². The lowest BCUT2D eigenvalue weighted by molar-refractivity contribution is -0.266. The molecule has 6 heteroatoms. The quantitative estimate of drug-likeness (QED) is 0.668. The molecule has 3 rings (SSSR count). The highest BCUT2D eigenvalue weighted by molar-refractivity contribution is 5.65. The van der Waals surface area contributed by atoms with Gasteiger partial charge in [-0.2, -0.15) is 0 Å². The maximum Gasteiger partial charge on any atom is 0.302 e. The smallest absolute Gasteiger partial charge is 0.302 e. The van der Waals surface area contributed by atoms with E-state index in [0.29, 0.717) is 19.6 Å². The maximum absolute atomic E-state index is 11.1. The molecule has 1 N–H and O–H groups in total. The summed E-state index contributed by atoms with van der Waals surface area (Å²) in [6.07, 6.45) is -0.635. The molecule has 0 radical (unpaired) electrons. The molecule has 2 aromatic rings. The van der Waals surface area contributed by atoms with Crippen LogP contribution in [0.15, 0.2) is 60.7 Å². The molecule has 1 saturated heterocycles. The molecular formula is C22H26O6. The average Bonchev–Trinajstić information content (AvgIpc) is 3.02. The topological polar surface area (TPSA) is 74.2 Å². The highest BCUT2D eigenvalue weighted by Crippen LogP contribution is 2.32. The van der Waals surface area contributed by atoms with Crippen LogP contribution in [0.4, 0.5) is 0 Å². The zero-order valence-corrected chi connectivity index (χ0v) is 16.0. The van der Waals surface area contributed by atoms with Crippen LogP contribution in [0.3, 0.4) is 0 Å². The Morgan fingerprint density at radius 2 is 1.68 bits per heavy atom. The van der Waals surface area contributed by atoms with Gasteiger partial charge in [0, 0.05) is 13.3 Å². The van der Waals surface area contributed by atoms with Crippen molar-refractivity contribution in [3.05, 3.63) is 71.8 Å². The normalized spacial score (nSPS) is 24.2. The van der Waals surface area contributed by atoms with E-state index >= 15 is 0 Å². The van der Waals surface area contributed by atoms with Crippen LogP contribution in [0.25, 0.3) is 0 Å².